The Morgan fingerprint density at radius 2 is 2.35 bits per heavy atom. The van der Waals surface area contributed by atoms with Crippen LogP contribution in [0.4, 0.5) is 5.69 Å². The van der Waals surface area contributed by atoms with Crippen LogP contribution in [0.5, 0.6) is 5.75 Å². The molecule has 6 heteroatoms. The number of carbonyl (C=O) groups is 1. The third-order valence-corrected chi connectivity index (χ3v) is 2.46. The lowest BCUT2D eigenvalue weighted by Gasteiger charge is -2.24. The molecule has 17 heavy (non-hydrogen) atoms. The molecule has 0 N–H and O–H groups in total. The number of rotatable bonds is 2. The summed E-state index contributed by atoms with van der Waals surface area (Å²) in [6.45, 7) is 1.31. The van der Waals surface area contributed by atoms with Crippen molar-refractivity contribution in [2.45, 2.75) is 26.1 Å². The van der Waals surface area contributed by atoms with E-state index in [-0.39, 0.29) is 5.69 Å². The van der Waals surface area contributed by atoms with Crippen molar-refractivity contribution >= 4 is 11.7 Å². The van der Waals surface area contributed by atoms with Crippen molar-refractivity contribution in [3.05, 3.63) is 33.9 Å². The lowest BCUT2D eigenvalue weighted by atomic mass is 10.1. The standard InChI is InChI=1S/C11H11NO5/c1-7(13)16-11-5-2-8-6-9(12(14)15)3-4-10(8)17-11/h3-4,6,11H,2,5H2,1H3/t11-/m0/s1. The molecule has 1 aliphatic rings. The lowest BCUT2D eigenvalue weighted by Crippen LogP contribution is -2.27. The summed E-state index contributed by atoms with van der Waals surface area (Å²) >= 11 is 0. The summed E-state index contributed by atoms with van der Waals surface area (Å²) in [6, 6.07) is 4.39. The van der Waals surface area contributed by atoms with Crippen molar-refractivity contribution in [3.8, 4) is 5.75 Å². The molecule has 90 valence electrons. The highest BCUT2D eigenvalue weighted by molar-refractivity contribution is 5.66. The highest BCUT2D eigenvalue weighted by Crippen LogP contribution is 2.31. The molecule has 0 saturated heterocycles. The van der Waals surface area contributed by atoms with Gasteiger partial charge in [-0.2, -0.15) is 0 Å². The van der Waals surface area contributed by atoms with Crippen LogP contribution in [-0.4, -0.2) is 17.2 Å². The van der Waals surface area contributed by atoms with Crippen molar-refractivity contribution in [3.63, 3.8) is 0 Å². The summed E-state index contributed by atoms with van der Waals surface area (Å²) in [7, 11) is 0. The second-order valence-corrected chi connectivity index (χ2v) is 3.74. The molecular formula is C11H11NO5. The van der Waals surface area contributed by atoms with E-state index in [0.29, 0.717) is 18.6 Å². The summed E-state index contributed by atoms with van der Waals surface area (Å²) in [5.74, 6) is 0.133. The molecule has 0 saturated carbocycles. The van der Waals surface area contributed by atoms with E-state index >= 15 is 0 Å². The Labute approximate surface area is 97.3 Å². The second kappa shape index (κ2) is 4.40. The first-order valence-corrected chi connectivity index (χ1v) is 5.17. The molecule has 6 nitrogen and oxygen atoms in total. The maximum atomic E-state index is 10.8. The van der Waals surface area contributed by atoms with Crippen LogP contribution >= 0.6 is 0 Å². The van der Waals surface area contributed by atoms with Gasteiger partial charge in [0, 0.05) is 31.0 Å². The van der Waals surface area contributed by atoms with Crippen molar-refractivity contribution < 1.29 is 19.2 Å². The predicted octanol–water partition coefficient (Wildman–Crippen LogP) is 1.81. The number of hydrogen-bond acceptors (Lipinski definition) is 5. The minimum Gasteiger partial charge on any atom is -0.454 e. The van der Waals surface area contributed by atoms with Crippen LogP contribution in [0.25, 0.3) is 0 Å². The van der Waals surface area contributed by atoms with E-state index in [4.69, 9.17) is 9.47 Å². The number of esters is 1. The molecule has 0 radical (unpaired) electrons. The predicted molar refractivity (Wildman–Crippen MR) is 57.6 cm³/mol. The first kappa shape index (κ1) is 11.4. The molecule has 0 aromatic heterocycles. The van der Waals surface area contributed by atoms with E-state index in [1.807, 2.05) is 0 Å². The zero-order chi connectivity index (χ0) is 12.4. The molecule has 0 fully saturated rings. The van der Waals surface area contributed by atoms with Crippen LogP contribution in [0, 0.1) is 10.1 Å². The van der Waals surface area contributed by atoms with Gasteiger partial charge in [-0.05, 0) is 12.5 Å². The fourth-order valence-corrected chi connectivity index (χ4v) is 1.73. The van der Waals surface area contributed by atoms with Crippen molar-refractivity contribution in [2.24, 2.45) is 0 Å². The maximum absolute atomic E-state index is 10.8. The summed E-state index contributed by atoms with van der Waals surface area (Å²) in [4.78, 5) is 20.9. The lowest BCUT2D eigenvalue weighted by molar-refractivity contribution is -0.385. The maximum Gasteiger partial charge on any atom is 0.305 e. The monoisotopic (exact) mass is 237 g/mol. The first-order chi connectivity index (χ1) is 8.06. The van der Waals surface area contributed by atoms with Gasteiger partial charge in [-0.25, -0.2) is 0 Å². The quantitative estimate of drug-likeness (QED) is 0.445. The van der Waals surface area contributed by atoms with Crippen LogP contribution in [0.2, 0.25) is 0 Å². The Morgan fingerprint density at radius 1 is 1.59 bits per heavy atom. The Kier molecular flexibility index (Phi) is 2.95. The van der Waals surface area contributed by atoms with Crippen LogP contribution < -0.4 is 4.74 Å². The number of nitro groups is 1. The third kappa shape index (κ3) is 2.52. The van der Waals surface area contributed by atoms with Crippen molar-refractivity contribution in [1.82, 2.24) is 0 Å². The first-order valence-electron chi connectivity index (χ1n) is 5.17. The topological polar surface area (TPSA) is 78.7 Å². The minimum absolute atomic E-state index is 0.0401. The van der Waals surface area contributed by atoms with Gasteiger partial charge >= 0.3 is 5.97 Å². The zero-order valence-electron chi connectivity index (χ0n) is 9.21. The average molecular weight is 237 g/mol. The van der Waals surface area contributed by atoms with Crippen molar-refractivity contribution in [1.29, 1.82) is 0 Å². The molecule has 0 unspecified atom stereocenters. The molecule has 0 amide bonds. The fourth-order valence-electron chi connectivity index (χ4n) is 1.73. The molecule has 1 heterocycles. The summed E-state index contributed by atoms with van der Waals surface area (Å²) in [6.07, 6.45) is 0.504. The number of benzene rings is 1. The summed E-state index contributed by atoms with van der Waals surface area (Å²) in [5.41, 5.74) is 0.806. The van der Waals surface area contributed by atoms with Gasteiger partial charge in [0.15, 0.2) is 0 Å². The van der Waals surface area contributed by atoms with Crippen LogP contribution in [0.15, 0.2) is 18.2 Å². The zero-order valence-corrected chi connectivity index (χ0v) is 9.21. The Morgan fingerprint density at radius 3 is 3.00 bits per heavy atom. The number of aryl methyl sites for hydroxylation is 1. The molecule has 2 rings (SSSR count). The summed E-state index contributed by atoms with van der Waals surface area (Å²) in [5, 5.41) is 10.6. The number of ether oxygens (including phenoxy) is 2. The average Bonchev–Trinajstić information content (AvgIpc) is 2.27. The molecule has 0 spiro atoms. The van der Waals surface area contributed by atoms with E-state index in [1.54, 1.807) is 0 Å². The Hall–Kier alpha value is -2.11. The van der Waals surface area contributed by atoms with E-state index < -0.39 is 17.2 Å². The summed E-state index contributed by atoms with van der Waals surface area (Å²) < 4.78 is 10.3. The highest BCUT2D eigenvalue weighted by Gasteiger charge is 2.23. The number of carbonyl (C=O) groups excluding carboxylic acids is 1. The Balaban J connectivity index is 2.17. The van der Waals surface area contributed by atoms with Gasteiger partial charge < -0.3 is 9.47 Å². The third-order valence-electron chi connectivity index (χ3n) is 2.46. The number of nitrogens with zero attached hydrogens (tertiary/aromatic N) is 1. The minimum atomic E-state index is -0.596. The van der Waals surface area contributed by atoms with E-state index in [0.717, 1.165) is 5.56 Å². The van der Waals surface area contributed by atoms with Gasteiger partial charge in [0.1, 0.15) is 5.75 Å². The molecule has 1 aromatic carbocycles. The fraction of sp³-hybridized carbons (Fsp3) is 0.364. The Bertz CT molecular complexity index is 471. The smallest absolute Gasteiger partial charge is 0.305 e. The largest absolute Gasteiger partial charge is 0.454 e. The molecule has 1 aliphatic heterocycles. The second-order valence-electron chi connectivity index (χ2n) is 3.74. The van der Waals surface area contributed by atoms with Gasteiger partial charge in [0.25, 0.3) is 5.69 Å². The van der Waals surface area contributed by atoms with Gasteiger partial charge in [-0.3, -0.25) is 14.9 Å². The van der Waals surface area contributed by atoms with Gasteiger partial charge in [-0.1, -0.05) is 0 Å². The van der Waals surface area contributed by atoms with E-state index in [9.17, 15) is 14.9 Å². The number of non-ortho nitro benzene ring substituents is 1. The van der Waals surface area contributed by atoms with Crippen molar-refractivity contribution in [2.75, 3.05) is 0 Å². The van der Waals surface area contributed by atoms with E-state index in [2.05, 4.69) is 0 Å². The number of fused-ring (bicyclic) bond motifs is 1. The van der Waals surface area contributed by atoms with Gasteiger partial charge in [0.2, 0.25) is 6.29 Å². The number of hydrogen-bond donors (Lipinski definition) is 0. The van der Waals surface area contributed by atoms with Gasteiger partial charge in [-0.15, -0.1) is 0 Å². The molecular weight excluding hydrogens is 226 g/mol. The highest BCUT2D eigenvalue weighted by atomic mass is 16.7. The van der Waals surface area contributed by atoms with Crippen LogP contribution in [-0.2, 0) is 16.0 Å². The molecule has 1 aromatic rings. The van der Waals surface area contributed by atoms with E-state index in [1.165, 1.54) is 25.1 Å². The molecule has 0 bridgehead atoms. The normalized spacial score (nSPS) is 17.8. The SMILES string of the molecule is CC(=O)O[C@@H]1CCc2cc([N+](=O)[O-])ccc2O1. The molecule has 1 atom stereocenters. The molecule has 0 aliphatic carbocycles. The van der Waals surface area contributed by atoms with Gasteiger partial charge in [0.05, 0.1) is 4.92 Å². The number of nitro benzene ring substituents is 1. The van der Waals surface area contributed by atoms with Crippen LogP contribution in [0.3, 0.4) is 0 Å². The van der Waals surface area contributed by atoms with Crippen LogP contribution in [0.1, 0.15) is 18.9 Å².